The Hall–Kier alpha value is -2.08. The molecule has 6 nitrogen and oxygen atoms in total. The Morgan fingerprint density at radius 2 is 2.10 bits per heavy atom. The van der Waals surface area contributed by atoms with Gasteiger partial charge in [0.05, 0.1) is 6.61 Å². The number of hydrogen-bond donors (Lipinski definition) is 2. The maximum atomic E-state index is 11.6. The zero-order valence-electron chi connectivity index (χ0n) is 11.8. The summed E-state index contributed by atoms with van der Waals surface area (Å²) in [6.07, 6.45) is 0. The van der Waals surface area contributed by atoms with Crippen LogP contribution in [0.5, 0.6) is 5.75 Å². The van der Waals surface area contributed by atoms with Gasteiger partial charge in [-0.1, -0.05) is 6.07 Å². The summed E-state index contributed by atoms with van der Waals surface area (Å²) in [7, 11) is 1.55. The summed E-state index contributed by atoms with van der Waals surface area (Å²) in [6, 6.07) is 4.60. The first-order valence-electron chi connectivity index (χ1n) is 6.19. The summed E-state index contributed by atoms with van der Waals surface area (Å²) < 4.78 is 10.2. The topological polar surface area (TPSA) is 84.9 Å². The number of nitrogens with one attached hydrogen (secondary N) is 1. The molecule has 6 heteroatoms. The zero-order valence-corrected chi connectivity index (χ0v) is 11.8. The molecule has 0 heterocycles. The lowest BCUT2D eigenvalue weighted by molar-refractivity contribution is -0.124. The van der Waals surface area contributed by atoms with E-state index in [0.717, 1.165) is 5.56 Å². The van der Waals surface area contributed by atoms with Crippen LogP contribution < -0.4 is 10.1 Å². The van der Waals surface area contributed by atoms with Crippen LogP contribution in [0.2, 0.25) is 0 Å². The Labute approximate surface area is 117 Å². The predicted molar refractivity (Wildman–Crippen MR) is 73.1 cm³/mol. The van der Waals surface area contributed by atoms with Crippen molar-refractivity contribution in [3.05, 3.63) is 29.3 Å². The van der Waals surface area contributed by atoms with Crippen LogP contribution in [0.25, 0.3) is 0 Å². The van der Waals surface area contributed by atoms with Crippen LogP contribution in [-0.2, 0) is 9.53 Å². The van der Waals surface area contributed by atoms with Gasteiger partial charge >= 0.3 is 5.97 Å². The first kappa shape index (κ1) is 16.0. The number of benzene rings is 1. The quantitative estimate of drug-likeness (QED) is 0.785. The molecule has 1 amide bonds. The highest BCUT2D eigenvalue weighted by molar-refractivity contribution is 5.91. The molecule has 0 saturated carbocycles. The van der Waals surface area contributed by atoms with Gasteiger partial charge in [0.15, 0.2) is 6.61 Å². The molecule has 0 aromatic heterocycles. The van der Waals surface area contributed by atoms with Crippen molar-refractivity contribution >= 4 is 11.9 Å². The summed E-state index contributed by atoms with van der Waals surface area (Å²) in [6.45, 7) is 3.78. The van der Waals surface area contributed by atoms with Crippen LogP contribution in [0, 0.1) is 6.92 Å². The van der Waals surface area contributed by atoms with Gasteiger partial charge in [-0.15, -0.1) is 0 Å². The van der Waals surface area contributed by atoms with Crippen LogP contribution in [0.15, 0.2) is 18.2 Å². The van der Waals surface area contributed by atoms with E-state index in [9.17, 15) is 9.59 Å². The van der Waals surface area contributed by atoms with Gasteiger partial charge in [-0.25, -0.2) is 4.79 Å². The van der Waals surface area contributed by atoms with Crippen molar-refractivity contribution in [2.45, 2.75) is 19.9 Å². The van der Waals surface area contributed by atoms with E-state index in [4.69, 9.17) is 14.6 Å². The number of ether oxygens (including phenoxy) is 2. The van der Waals surface area contributed by atoms with Gasteiger partial charge in [0.2, 0.25) is 0 Å². The van der Waals surface area contributed by atoms with Crippen LogP contribution >= 0.6 is 0 Å². The van der Waals surface area contributed by atoms with Crippen molar-refractivity contribution in [1.29, 1.82) is 0 Å². The summed E-state index contributed by atoms with van der Waals surface area (Å²) in [5.74, 6) is -1.23. The number of methoxy groups -OCH3 is 1. The van der Waals surface area contributed by atoms with E-state index in [1.807, 2.05) is 6.92 Å². The second-order valence-electron chi connectivity index (χ2n) is 4.52. The van der Waals surface area contributed by atoms with E-state index >= 15 is 0 Å². The third-order valence-corrected chi connectivity index (χ3v) is 2.55. The van der Waals surface area contributed by atoms with E-state index < -0.39 is 5.97 Å². The lowest BCUT2D eigenvalue weighted by atomic mass is 10.1. The summed E-state index contributed by atoms with van der Waals surface area (Å²) in [5, 5.41) is 11.7. The van der Waals surface area contributed by atoms with Gasteiger partial charge in [-0.3, -0.25) is 4.79 Å². The Balaban J connectivity index is 2.63. The van der Waals surface area contributed by atoms with Gasteiger partial charge in [0, 0.05) is 13.2 Å². The molecule has 0 saturated heterocycles. The maximum Gasteiger partial charge on any atom is 0.339 e. The monoisotopic (exact) mass is 281 g/mol. The van der Waals surface area contributed by atoms with E-state index in [-0.39, 0.29) is 29.9 Å². The number of carboxylic acids is 1. The second kappa shape index (κ2) is 7.49. The highest BCUT2D eigenvalue weighted by atomic mass is 16.5. The SMILES string of the molecule is COCC(C)NC(=O)COc1cc(C)ccc1C(=O)O. The molecule has 1 unspecified atom stereocenters. The standard InChI is InChI=1S/C14H19NO5/c1-9-4-5-11(14(17)18)12(6-9)20-8-13(16)15-10(2)7-19-3/h4-6,10H,7-8H2,1-3H3,(H,15,16)(H,17,18). The Bertz CT molecular complexity index is 486. The van der Waals surface area contributed by atoms with Crippen molar-refractivity contribution in [3.63, 3.8) is 0 Å². The molecule has 2 N–H and O–H groups in total. The second-order valence-corrected chi connectivity index (χ2v) is 4.52. The number of carbonyl (C=O) groups excluding carboxylic acids is 1. The lowest BCUT2D eigenvalue weighted by Crippen LogP contribution is -2.38. The number of aryl methyl sites for hydroxylation is 1. The Kier molecular flexibility index (Phi) is 5.99. The molecule has 0 bridgehead atoms. The fraction of sp³-hybridized carbons (Fsp3) is 0.429. The molecule has 0 spiro atoms. The molecule has 0 radical (unpaired) electrons. The van der Waals surface area contributed by atoms with Gasteiger partial charge in [-0.2, -0.15) is 0 Å². The van der Waals surface area contributed by atoms with Gasteiger partial charge in [0.1, 0.15) is 11.3 Å². The first-order valence-corrected chi connectivity index (χ1v) is 6.19. The molecule has 0 aliphatic rings. The van der Waals surface area contributed by atoms with Crippen molar-refractivity contribution < 1.29 is 24.2 Å². The molecule has 1 aromatic rings. The van der Waals surface area contributed by atoms with E-state index in [2.05, 4.69) is 5.32 Å². The molecule has 1 atom stereocenters. The van der Waals surface area contributed by atoms with Crippen LogP contribution in [-0.4, -0.2) is 43.3 Å². The average molecular weight is 281 g/mol. The number of amides is 1. The highest BCUT2D eigenvalue weighted by Gasteiger charge is 2.13. The molecule has 1 aromatic carbocycles. The third kappa shape index (κ3) is 4.89. The van der Waals surface area contributed by atoms with E-state index in [1.54, 1.807) is 26.2 Å². The highest BCUT2D eigenvalue weighted by Crippen LogP contribution is 2.20. The predicted octanol–water partition coefficient (Wildman–Crippen LogP) is 1.22. The molecule has 0 fully saturated rings. The Morgan fingerprint density at radius 1 is 1.40 bits per heavy atom. The lowest BCUT2D eigenvalue weighted by Gasteiger charge is -2.14. The maximum absolute atomic E-state index is 11.6. The molecule has 0 aliphatic heterocycles. The molecule has 1 rings (SSSR count). The van der Waals surface area contributed by atoms with Crippen molar-refractivity contribution in [1.82, 2.24) is 5.32 Å². The average Bonchev–Trinajstić information content (AvgIpc) is 2.36. The van der Waals surface area contributed by atoms with E-state index in [0.29, 0.717) is 6.61 Å². The summed E-state index contributed by atoms with van der Waals surface area (Å²) >= 11 is 0. The van der Waals surface area contributed by atoms with Crippen LogP contribution in [0.1, 0.15) is 22.8 Å². The summed E-state index contributed by atoms with van der Waals surface area (Å²) in [4.78, 5) is 22.7. The third-order valence-electron chi connectivity index (χ3n) is 2.55. The minimum absolute atomic E-state index is 0.0355. The van der Waals surface area contributed by atoms with Crippen LogP contribution in [0.4, 0.5) is 0 Å². The number of carboxylic acid groups (broad SMARTS) is 1. The molecule has 110 valence electrons. The normalized spacial score (nSPS) is 11.8. The zero-order chi connectivity index (χ0) is 15.1. The molecular formula is C14H19NO5. The first-order chi connectivity index (χ1) is 9.43. The van der Waals surface area contributed by atoms with Gasteiger partial charge in [0.25, 0.3) is 5.91 Å². The fourth-order valence-electron chi connectivity index (χ4n) is 1.68. The molecule has 0 aliphatic carbocycles. The number of aromatic carboxylic acids is 1. The number of rotatable bonds is 7. The van der Waals surface area contributed by atoms with E-state index in [1.165, 1.54) is 6.07 Å². The molecular weight excluding hydrogens is 262 g/mol. The summed E-state index contributed by atoms with van der Waals surface area (Å²) in [5.41, 5.74) is 0.895. The number of carbonyl (C=O) groups is 2. The van der Waals surface area contributed by atoms with Crippen molar-refractivity contribution in [2.24, 2.45) is 0 Å². The number of hydrogen-bond acceptors (Lipinski definition) is 4. The largest absolute Gasteiger partial charge is 0.483 e. The van der Waals surface area contributed by atoms with Crippen molar-refractivity contribution in [3.8, 4) is 5.75 Å². The smallest absolute Gasteiger partial charge is 0.339 e. The fourth-order valence-corrected chi connectivity index (χ4v) is 1.68. The van der Waals surface area contributed by atoms with Gasteiger partial charge in [-0.05, 0) is 31.5 Å². The van der Waals surface area contributed by atoms with Crippen molar-refractivity contribution in [2.75, 3.05) is 20.3 Å². The minimum atomic E-state index is -1.09. The Morgan fingerprint density at radius 3 is 2.70 bits per heavy atom. The van der Waals surface area contributed by atoms with Crippen LogP contribution in [0.3, 0.4) is 0 Å². The molecule has 20 heavy (non-hydrogen) atoms. The van der Waals surface area contributed by atoms with Gasteiger partial charge < -0.3 is 19.9 Å². The minimum Gasteiger partial charge on any atom is -0.483 e.